The van der Waals surface area contributed by atoms with Gasteiger partial charge >= 0.3 is 0 Å². The summed E-state index contributed by atoms with van der Waals surface area (Å²) in [5.41, 5.74) is 4.47. The van der Waals surface area contributed by atoms with Gasteiger partial charge in [-0.15, -0.1) is 0 Å². The Kier molecular flexibility index (Phi) is 2.95. The minimum absolute atomic E-state index is 0.0336. The molecule has 6 heteroatoms. The van der Waals surface area contributed by atoms with Crippen LogP contribution in [0.25, 0.3) is 0 Å². The lowest BCUT2D eigenvalue weighted by molar-refractivity contribution is 0.0998. The molecule has 0 aliphatic heterocycles. The number of carbonyl (C=O) groups excluding carboxylic acids is 1. The Labute approximate surface area is 78.7 Å². The van der Waals surface area contributed by atoms with Gasteiger partial charge in [-0.2, -0.15) is 0 Å². The van der Waals surface area contributed by atoms with Gasteiger partial charge < -0.3 is 10.5 Å². The van der Waals surface area contributed by atoms with Crippen molar-refractivity contribution < 1.29 is 18.3 Å². The molecule has 0 atom stereocenters. The Morgan fingerprint density at radius 3 is 2.71 bits per heavy atom. The number of hydrogen-bond donors (Lipinski definition) is 1. The van der Waals surface area contributed by atoms with E-state index in [2.05, 4.69) is 9.72 Å². The molecule has 0 bridgehead atoms. The van der Waals surface area contributed by atoms with Crippen LogP contribution in [0.3, 0.4) is 0 Å². The van der Waals surface area contributed by atoms with Crippen molar-refractivity contribution in [2.45, 2.75) is 6.43 Å². The smallest absolute Gasteiger partial charge is 0.284 e. The highest BCUT2D eigenvalue weighted by Crippen LogP contribution is 2.26. The van der Waals surface area contributed by atoms with Crippen LogP contribution in [0.5, 0.6) is 5.75 Å². The molecule has 1 aromatic heterocycles. The summed E-state index contributed by atoms with van der Waals surface area (Å²) in [6, 6.07) is 1.14. The standard InChI is InChI=1S/C8H8F2N2O2/c1-14-5-2-4(8(11)13)3-12-6(5)7(9)10/h2-3,7H,1H3,(H2,11,13). The van der Waals surface area contributed by atoms with Crippen LogP contribution in [0, 0.1) is 0 Å². The maximum Gasteiger partial charge on any atom is 0.284 e. The number of methoxy groups -OCH3 is 1. The fraction of sp³-hybridized carbons (Fsp3) is 0.250. The number of amides is 1. The highest BCUT2D eigenvalue weighted by molar-refractivity contribution is 5.92. The van der Waals surface area contributed by atoms with E-state index in [1.165, 1.54) is 7.11 Å². The monoisotopic (exact) mass is 202 g/mol. The molecule has 0 unspecified atom stereocenters. The lowest BCUT2D eigenvalue weighted by Crippen LogP contribution is -2.12. The number of primary amides is 1. The second-order valence-corrected chi connectivity index (χ2v) is 2.48. The Hall–Kier alpha value is -1.72. The first kappa shape index (κ1) is 10.4. The largest absolute Gasteiger partial charge is 0.495 e. The van der Waals surface area contributed by atoms with Crippen molar-refractivity contribution in [1.29, 1.82) is 0 Å². The van der Waals surface area contributed by atoms with Crippen molar-refractivity contribution in [3.05, 3.63) is 23.5 Å². The van der Waals surface area contributed by atoms with E-state index in [-0.39, 0.29) is 11.3 Å². The van der Waals surface area contributed by atoms with Crippen molar-refractivity contribution in [3.8, 4) is 5.75 Å². The SMILES string of the molecule is COc1cc(C(N)=O)cnc1C(F)F. The van der Waals surface area contributed by atoms with Gasteiger partial charge in [-0.05, 0) is 6.07 Å². The zero-order valence-corrected chi connectivity index (χ0v) is 7.33. The quantitative estimate of drug-likeness (QED) is 0.798. The minimum atomic E-state index is -2.74. The predicted molar refractivity (Wildman–Crippen MR) is 44.3 cm³/mol. The number of nitrogens with two attached hydrogens (primary N) is 1. The number of pyridine rings is 1. The number of hydrogen-bond acceptors (Lipinski definition) is 3. The van der Waals surface area contributed by atoms with Crippen LogP contribution in [-0.2, 0) is 0 Å². The molecule has 0 fully saturated rings. The van der Waals surface area contributed by atoms with Gasteiger partial charge in [-0.3, -0.25) is 9.78 Å². The van der Waals surface area contributed by atoms with E-state index < -0.39 is 18.0 Å². The number of alkyl halides is 2. The second kappa shape index (κ2) is 3.99. The first-order valence-electron chi connectivity index (χ1n) is 3.68. The zero-order valence-electron chi connectivity index (χ0n) is 7.33. The van der Waals surface area contributed by atoms with Crippen molar-refractivity contribution in [2.75, 3.05) is 7.11 Å². The van der Waals surface area contributed by atoms with Crippen LogP contribution in [0.2, 0.25) is 0 Å². The molecule has 14 heavy (non-hydrogen) atoms. The summed E-state index contributed by atoms with van der Waals surface area (Å²) in [5.74, 6) is -0.882. The highest BCUT2D eigenvalue weighted by Gasteiger charge is 2.17. The van der Waals surface area contributed by atoms with Gasteiger partial charge in [0.2, 0.25) is 5.91 Å². The fourth-order valence-corrected chi connectivity index (χ4v) is 0.917. The van der Waals surface area contributed by atoms with Crippen LogP contribution in [0.15, 0.2) is 12.3 Å². The summed E-state index contributed by atoms with van der Waals surface area (Å²) in [4.78, 5) is 14.1. The molecule has 4 nitrogen and oxygen atoms in total. The third-order valence-electron chi connectivity index (χ3n) is 1.59. The summed E-state index contributed by atoms with van der Waals surface area (Å²) < 4.78 is 29.2. The van der Waals surface area contributed by atoms with Crippen LogP contribution in [0.4, 0.5) is 8.78 Å². The first-order chi connectivity index (χ1) is 6.56. The number of halogens is 2. The Morgan fingerprint density at radius 1 is 1.64 bits per heavy atom. The van der Waals surface area contributed by atoms with Crippen LogP contribution in [0.1, 0.15) is 22.5 Å². The highest BCUT2D eigenvalue weighted by atomic mass is 19.3. The summed E-state index contributed by atoms with van der Waals surface area (Å²) in [6.45, 7) is 0. The third kappa shape index (κ3) is 1.95. The van der Waals surface area contributed by atoms with Crippen molar-refractivity contribution >= 4 is 5.91 Å². The summed E-state index contributed by atoms with van der Waals surface area (Å²) in [5, 5.41) is 0. The zero-order chi connectivity index (χ0) is 10.7. The number of ether oxygens (including phenoxy) is 1. The number of aromatic nitrogens is 1. The molecule has 1 aromatic rings. The van der Waals surface area contributed by atoms with Gasteiger partial charge in [0.25, 0.3) is 6.43 Å². The van der Waals surface area contributed by atoms with E-state index in [1.807, 2.05) is 0 Å². The van der Waals surface area contributed by atoms with Crippen LogP contribution < -0.4 is 10.5 Å². The topological polar surface area (TPSA) is 65.2 Å². The maximum absolute atomic E-state index is 12.3. The lowest BCUT2D eigenvalue weighted by Gasteiger charge is -2.07. The van der Waals surface area contributed by atoms with E-state index in [0.717, 1.165) is 12.3 Å². The fourth-order valence-electron chi connectivity index (χ4n) is 0.917. The summed E-state index contributed by atoms with van der Waals surface area (Å²) in [6.07, 6.45) is -1.75. The molecular formula is C8H8F2N2O2. The van der Waals surface area contributed by atoms with Gasteiger partial charge in [-0.1, -0.05) is 0 Å². The summed E-state index contributed by atoms with van der Waals surface area (Å²) >= 11 is 0. The predicted octanol–water partition coefficient (Wildman–Crippen LogP) is 1.13. The average Bonchev–Trinajstić information content (AvgIpc) is 2.16. The molecule has 0 aromatic carbocycles. The first-order valence-corrected chi connectivity index (χ1v) is 3.68. The third-order valence-corrected chi connectivity index (χ3v) is 1.59. The van der Waals surface area contributed by atoms with E-state index in [1.54, 1.807) is 0 Å². The lowest BCUT2D eigenvalue weighted by atomic mass is 10.2. The Bertz CT molecular complexity index is 355. The van der Waals surface area contributed by atoms with E-state index in [0.29, 0.717) is 0 Å². The number of rotatable bonds is 3. The average molecular weight is 202 g/mol. The second-order valence-electron chi connectivity index (χ2n) is 2.48. The van der Waals surface area contributed by atoms with E-state index in [4.69, 9.17) is 5.73 Å². The number of carbonyl (C=O) groups is 1. The van der Waals surface area contributed by atoms with E-state index >= 15 is 0 Å². The van der Waals surface area contributed by atoms with Crippen LogP contribution >= 0.6 is 0 Å². The molecule has 0 saturated heterocycles. The molecule has 2 N–H and O–H groups in total. The Morgan fingerprint density at radius 2 is 2.29 bits per heavy atom. The molecule has 1 amide bonds. The maximum atomic E-state index is 12.3. The molecule has 0 saturated carbocycles. The molecule has 0 spiro atoms. The van der Waals surface area contributed by atoms with Gasteiger partial charge in [-0.25, -0.2) is 8.78 Å². The molecule has 0 radical (unpaired) electrons. The molecule has 1 rings (SSSR count). The molecule has 0 aliphatic rings. The van der Waals surface area contributed by atoms with Crippen molar-refractivity contribution in [2.24, 2.45) is 5.73 Å². The minimum Gasteiger partial charge on any atom is -0.495 e. The Balaban J connectivity index is 3.18. The van der Waals surface area contributed by atoms with Gasteiger partial charge in [0.15, 0.2) is 0 Å². The molecule has 1 heterocycles. The van der Waals surface area contributed by atoms with E-state index in [9.17, 15) is 13.6 Å². The van der Waals surface area contributed by atoms with Crippen LogP contribution in [-0.4, -0.2) is 18.0 Å². The molecular weight excluding hydrogens is 194 g/mol. The molecule has 0 aliphatic carbocycles. The van der Waals surface area contributed by atoms with Gasteiger partial charge in [0, 0.05) is 6.20 Å². The van der Waals surface area contributed by atoms with Crippen molar-refractivity contribution in [1.82, 2.24) is 4.98 Å². The molecule has 76 valence electrons. The normalized spacial score (nSPS) is 10.3. The number of nitrogens with zero attached hydrogens (tertiary/aromatic N) is 1. The summed E-state index contributed by atoms with van der Waals surface area (Å²) in [7, 11) is 1.22. The van der Waals surface area contributed by atoms with Gasteiger partial charge in [0.05, 0.1) is 12.7 Å². The van der Waals surface area contributed by atoms with Crippen molar-refractivity contribution in [3.63, 3.8) is 0 Å². The van der Waals surface area contributed by atoms with Gasteiger partial charge in [0.1, 0.15) is 11.4 Å².